The van der Waals surface area contributed by atoms with E-state index in [0.717, 1.165) is 36.0 Å². The van der Waals surface area contributed by atoms with E-state index in [-0.39, 0.29) is 5.75 Å². The van der Waals surface area contributed by atoms with Crippen LogP contribution in [-0.2, 0) is 0 Å². The Morgan fingerprint density at radius 3 is 2.80 bits per heavy atom. The van der Waals surface area contributed by atoms with Crippen LogP contribution in [0.1, 0.15) is 25.7 Å². The van der Waals surface area contributed by atoms with Gasteiger partial charge in [0.1, 0.15) is 11.6 Å². The summed E-state index contributed by atoms with van der Waals surface area (Å²) in [5.74, 6) is 1.80. The standard InChI is InChI=1S/C16H21N3O/c17-13-4-1-11(2-5-13)10-19-16-15-9-14(20)6-3-12(15)7-8-18-16/h3,6-9,11,13,20H,1-2,4-5,10,17H2,(H,18,19). The molecule has 106 valence electrons. The lowest BCUT2D eigenvalue weighted by Crippen LogP contribution is -2.29. The minimum Gasteiger partial charge on any atom is -0.508 e. The highest BCUT2D eigenvalue weighted by molar-refractivity contribution is 5.92. The molecule has 1 heterocycles. The Morgan fingerprint density at radius 2 is 2.00 bits per heavy atom. The Hall–Kier alpha value is -1.81. The molecular formula is C16H21N3O. The van der Waals surface area contributed by atoms with E-state index < -0.39 is 0 Å². The number of fused-ring (bicyclic) bond motifs is 1. The highest BCUT2D eigenvalue weighted by Gasteiger charge is 2.18. The minimum absolute atomic E-state index is 0.275. The zero-order valence-corrected chi connectivity index (χ0v) is 11.5. The fourth-order valence-corrected chi connectivity index (χ4v) is 2.93. The van der Waals surface area contributed by atoms with Crippen molar-refractivity contribution < 1.29 is 5.11 Å². The average Bonchev–Trinajstić information content (AvgIpc) is 2.47. The molecule has 4 heteroatoms. The number of phenols is 1. The minimum atomic E-state index is 0.275. The third kappa shape index (κ3) is 2.85. The van der Waals surface area contributed by atoms with Gasteiger partial charge in [-0.1, -0.05) is 6.07 Å². The predicted molar refractivity (Wildman–Crippen MR) is 81.8 cm³/mol. The average molecular weight is 271 g/mol. The van der Waals surface area contributed by atoms with E-state index in [1.807, 2.05) is 12.1 Å². The van der Waals surface area contributed by atoms with E-state index in [4.69, 9.17) is 5.73 Å². The zero-order chi connectivity index (χ0) is 13.9. The van der Waals surface area contributed by atoms with E-state index >= 15 is 0 Å². The topological polar surface area (TPSA) is 71.2 Å². The molecule has 1 aromatic heterocycles. The summed E-state index contributed by atoms with van der Waals surface area (Å²) in [7, 11) is 0. The number of phenolic OH excluding ortho intramolecular Hbond substituents is 1. The van der Waals surface area contributed by atoms with Crippen LogP contribution in [-0.4, -0.2) is 22.7 Å². The molecule has 3 rings (SSSR count). The molecule has 0 atom stereocenters. The lowest BCUT2D eigenvalue weighted by Gasteiger charge is -2.26. The predicted octanol–water partition coefficient (Wildman–Crippen LogP) is 2.87. The van der Waals surface area contributed by atoms with Gasteiger partial charge in [0.05, 0.1) is 0 Å². The van der Waals surface area contributed by atoms with Crippen LogP contribution in [0.3, 0.4) is 0 Å². The first-order valence-corrected chi connectivity index (χ1v) is 7.29. The molecule has 0 spiro atoms. The quantitative estimate of drug-likeness (QED) is 0.802. The summed E-state index contributed by atoms with van der Waals surface area (Å²) >= 11 is 0. The molecule has 1 fully saturated rings. The van der Waals surface area contributed by atoms with Gasteiger partial charge in [-0.3, -0.25) is 0 Å². The fraction of sp³-hybridized carbons (Fsp3) is 0.438. The van der Waals surface area contributed by atoms with Crippen molar-refractivity contribution in [1.82, 2.24) is 4.98 Å². The highest BCUT2D eigenvalue weighted by Crippen LogP contribution is 2.27. The van der Waals surface area contributed by atoms with Crippen LogP contribution in [0.2, 0.25) is 0 Å². The molecule has 0 unspecified atom stereocenters. The van der Waals surface area contributed by atoms with Crippen molar-refractivity contribution in [2.24, 2.45) is 11.7 Å². The first-order chi connectivity index (χ1) is 9.72. The smallest absolute Gasteiger partial charge is 0.133 e. The maximum atomic E-state index is 9.63. The van der Waals surface area contributed by atoms with Crippen molar-refractivity contribution in [3.8, 4) is 5.75 Å². The second-order valence-corrected chi connectivity index (χ2v) is 5.73. The van der Waals surface area contributed by atoms with Crippen molar-refractivity contribution >= 4 is 16.6 Å². The number of anilines is 1. The first-order valence-electron chi connectivity index (χ1n) is 7.29. The largest absolute Gasteiger partial charge is 0.508 e. The Morgan fingerprint density at radius 1 is 1.20 bits per heavy atom. The molecule has 2 aromatic rings. The maximum Gasteiger partial charge on any atom is 0.133 e. The van der Waals surface area contributed by atoms with Crippen LogP contribution >= 0.6 is 0 Å². The number of pyridine rings is 1. The van der Waals surface area contributed by atoms with Crippen LogP contribution in [0.4, 0.5) is 5.82 Å². The Labute approximate surface area is 119 Å². The monoisotopic (exact) mass is 271 g/mol. The number of nitrogens with one attached hydrogen (secondary N) is 1. The molecule has 1 aliphatic carbocycles. The van der Waals surface area contributed by atoms with Gasteiger partial charge in [-0.05, 0) is 55.2 Å². The Bertz CT molecular complexity index is 591. The molecule has 1 saturated carbocycles. The summed E-state index contributed by atoms with van der Waals surface area (Å²) in [5, 5.41) is 15.1. The molecule has 0 amide bonds. The number of aromatic nitrogens is 1. The van der Waals surface area contributed by atoms with Gasteiger partial charge in [0.15, 0.2) is 0 Å². The van der Waals surface area contributed by atoms with Gasteiger partial charge in [-0.2, -0.15) is 0 Å². The normalized spacial score (nSPS) is 22.9. The molecule has 20 heavy (non-hydrogen) atoms. The SMILES string of the molecule is NC1CCC(CNc2nccc3ccc(O)cc23)CC1. The van der Waals surface area contributed by atoms with Crippen LogP contribution in [0, 0.1) is 5.92 Å². The summed E-state index contributed by atoms with van der Waals surface area (Å²) in [6.07, 6.45) is 6.42. The lowest BCUT2D eigenvalue weighted by atomic mass is 9.86. The molecule has 1 aliphatic rings. The number of hydrogen-bond acceptors (Lipinski definition) is 4. The van der Waals surface area contributed by atoms with Gasteiger partial charge < -0.3 is 16.2 Å². The summed E-state index contributed by atoms with van der Waals surface area (Å²) in [6, 6.07) is 7.73. The van der Waals surface area contributed by atoms with Crippen molar-refractivity contribution in [1.29, 1.82) is 0 Å². The molecule has 0 aliphatic heterocycles. The van der Waals surface area contributed by atoms with Crippen LogP contribution in [0.25, 0.3) is 10.8 Å². The van der Waals surface area contributed by atoms with Crippen LogP contribution in [0.15, 0.2) is 30.5 Å². The molecule has 0 saturated heterocycles. The number of rotatable bonds is 3. The van der Waals surface area contributed by atoms with E-state index in [9.17, 15) is 5.11 Å². The van der Waals surface area contributed by atoms with Gasteiger partial charge >= 0.3 is 0 Å². The van der Waals surface area contributed by atoms with Crippen molar-refractivity contribution in [3.63, 3.8) is 0 Å². The molecule has 4 N–H and O–H groups in total. The highest BCUT2D eigenvalue weighted by atomic mass is 16.3. The number of aromatic hydroxyl groups is 1. The van der Waals surface area contributed by atoms with Gasteiger partial charge in [-0.25, -0.2) is 4.98 Å². The first kappa shape index (κ1) is 13.2. The van der Waals surface area contributed by atoms with Crippen LogP contribution < -0.4 is 11.1 Å². The van der Waals surface area contributed by atoms with Crippen LogP contribution in [0.5, 0.6) is 5.75 Å². The number of nitrogens with two attached hydrogens (primary N) is 1. The van der Waals surface area contributed by atoms with E-state index in [0.29, 0.717) is 12.0 Å². The molecule has 0 bridgehead atoms. The maximum absolute atomic E-state index is 9.63. The molecule has 1 aromatic carbocycles. The molecular weight excluding hydrogens is 250 g/mol. The third-order valence-corrected chi connectivity index (χ3v) is 4.20. The van der Waals surface area contributed by atoms with Gasteiger partial charge in [0, 0.05) is 24.2 Å². The van der Waals surface area contributed by atoms with E-state index in [1.165, 1.54) is 12.8 Å². The van der Waals surface area contributed by atoms with Gasteiger partial charge in [0.2, 0.25) is 0 Å². The summed E-state index contributed by atoms with van der Waals surface area (Å²) in [5.41, 5.74) is 5.93. The number of hydrogen-bond donors (Lipinski definition) is 3. The Balaban J connectivity index is 1.72. The van der Waals surface area contributed by atoms with E-state index in [1.54, 1.807) is 18.3 Å². The number of nitrogens with zero attached hydrogens (tertiary/aromatic N) is 1. The summed E-state index contributed by atoms with van der Waals surface area (Å²) in [6.45, 7) is 0.925. The second-order valence-electron chi connectivity index (χ2n) is 5.73. The second kappa shape index (κ2) is 5.67. The summed E-state index contributed by atoms with van der Waals surface area (Å²) < 4.78 is 0. The summed E-state index contributed by atoms with van der Waals surface area (Å²) in [4.78, 5) is 4.40. The zero-order valence-electron chi connectivity index (χ0n) is 11.5. The van der Waals surface area contributed by atoms with Crippen molar-refractivity contribution in [3.05, 3.63) is 30.5 Å². The van der Waals surface area contributed by atoms with Crippen molar-refractivity contribution in [2.75, 3.05) is 11.9 Å². The Kier molecular flexibility index (Phi) is 3.74. The van der Waals surface area contributed by atoms with E-state index in [2.05, 4.69) is 10.3 Å². The lowest BCUT2D eigenvalue weighted by molar-refractivity contribution is 0.338. The van der Waals surface area contributed by atoms with Crippen molar-refractivity contribution in [2.45, 2.75) is 31.7 Å². The number of benzene rings is 1. The van der Waals surface area contributed by atoms with Gasteiger partial charge in [-0.15, -0.1) is 0 Å². The van der Waals surface area contributed by atoms with Gasteiger partial charge in [0.25, 0.3) is 0 Å². The third-order valence-electron chi connectivity index (χ3n) is 4.20. The molecule has 0 radical (unpaired) electrons. The fourth-order valence-electron chi connectivity index (χ4n) is 2.93. The molecule has 4 nitrogen and oxygen atoms in total.